The number of aryl methyl sites for hydroxylation is 1. The van der Waals surface area contributed by atoms with Crippen LogP contribution in [-0.4, -0.2) is 0 Å². The third-order valence-electron chi connectivity index (χ3n) is 1.90. The van der Waals surface area contributed by atoms with E-state index in [4.69, 9.17) is 0 Å². The van der Waals surface area contributed by atoms with Gasteiger partial charge < -0.3 is 0 Å². The standard InChI is InChI=1S/C9H5F6I/c1-4-2-5(8(10,11)12)3-6(16)7(4)9(13,14)15/h2-3H,1H3. The van der Waals surface area contributed by atoms with E-state index in [2.05, 4.69) is 0 Å². The largest absolute Gasteiger partial charge is 0.417 e. The minimum absolute atomic E-state index is 0.424. The molecule has 1 aromatic carbocycles. The molecule has 1 aromatic rings. The van der Waals surface area contributed by atoms with Gasteiger partial charge in [0.05, 0.1) is 11.1 Å². The molecule has 0 fully saturated rings. The van der Waals surface area contributed by atoms with Crippen LogP contribution in [0.1, 0.15) is 16.7 Å². The fraction of sp³-hybridized carbons (Fsp3) is 0.333. The predicted octanol–water partition coefficient (Wildman–Crippen LogP) is 4.64. The Balaban J connectivity index is 3.41. The van der Waals surface area contributed by atoms with E-state index in [1.165, 1.54) is 22.6 Å². The molecule has 16 heavy (non-hydrogen) atoms. The van der Waals surface area contributed by atoms with E-state index < -0.39 is 32.6 Å². The molecule has 0 saturated heterocycles. The summed E-state index contributed by atoms with van der Waals surface area (Å²) in [6, 6.07) is 1.00. The highest BCUT2D eigenvalue weighted by atomic mass is 127. The molecule has 0 bridgehead atoms. The highest BCUT2D eigenvalue weighted by molar-refractivity contribution is 14.1. The molecule has 0 spiro atoms. The smallest absolute Gasteiger partial charge is 0.166 e. The van der Waals surface area contributed by atoms with Crippen molar-refractivity contribution < 1.29 is 26.3 Å². The van der Waals surface area contributed by atoms with E-state index in [1.54, 1.807) is 0 Å². The van der Waals surface area contributed by atoms with Crippen LogP contribution in [0.15, 0.2) is 12.1 Å². The summed E-state index contributed by atoms with van der Waals surface area (Å²) in [4.78, 5) is 0. The van der Waals surface area contributed by atoms with Crippen molar-refractivity contribution in [1.29, 1.82) is 0 Å². The number of halogens is 7. The van der Waals surface area contributed by atoms with Gasteiger partial charge in [0.1, 0.15) is 0 Å². The van der Waals surface area contributed by atoms with E-state index in [0.717, 1.165) is 6.92 Å². The molecule has 1 rings (SSSR count). The summed E-state index contributed by atoms with van der Waals surface area (Å²) in [5, 5.41) is 0. The molecule has 0 saturated carbocycles. The first-order valence-corrected chi connectivity index (χ1v) is 5.06. The zero-order valence-corrected chi connectivity index (χ0v) is 9.96. The molecule has 0 radical (unpaired) electrons. The van der Waals surface area contributed by atoms with Crippen molar-refractivity contribution in [1.82, 2.24) is 0 Å². The monoisotopic (exact) mass is 354 g/mol. The fourth-order valence-corrected chi connectivity index (χ4v) is 2.33. The summed E-state index contributed by atoms with van der Waals surface area (Å²) < 4.78 is 73.8. The van der Waals surface area contributed by atoms with E-state index in [-0.39, 0.29) is 0 Å². The predicted molar refractivity (Wildman–Crippen MR) is 53.9 cm³/mol. The molecule has 0 heterocycles. The van der Waals surface area contributed by atoms with Gasteiger partial charge in [-0.3, -0.25) is 0 Å². The van der Waals surface area contributed by atoms with Crippen molar-refractivity contribution in [3.05, 3.63) is 32.4 Å². The van der Waals surface area contributed by atoms with Gasteiger partial charge in [-0.05, 0) is 47.2 Å². The fourth-order valence-electron chi connectivity index (χ4n) is 1.27. The Labute approximate surface area is 101 Å². The zero-order chi connectivity index (χ0) is 12.7. The molecule has 0 unspecified atom stereocenters. The second-order valence-corrected chi connectivity index (χ2v) is 4.31. The van der Waals surface area contributed by atoms with E-state index in [1.807, 2.05) is 0 Å². The quantitative estimate of drug-likeness (QED) is 0.471. The second kappa shape index (κ2) is 4.08. The van der Waals surface area contributed by atoms with Crippen LogP contribution in [0.3, 0.4) is 0 Å². The molecule has 0 aliphatic carbocycles. The lowest BCUT2D eigenvalue weighted by atomic mass is 10.0. The third kappa shape index (κ3) is 2.80. The molecular formula is C9H5F6I. The normalized spacial score (nSPS) is 13.0. The SMILES string of the molecule is Cc1cc(C(F)(F)F)cc(I)c1C(F)(F)F. The van der Waals surface area contributed by atoms with Crippen LogP contribution < -0.4 is 0 Å². The van der Waals surface area contributed by atoms with Crippen LogP contribution >= 0.6 is 22.6 Å². The topological polar surface area (TPSA) is 0 Å². The van der Waals surface area contributed by atoms with Gasteiger partial charge in [-0.15, -0.1) is 0 Å². The van der Waals surface area contributed by atoms with Crippen molar-refractivity contribution in [2.75, 3.05) is 0 Å². The maximum atomic E-state index is 12.5. The van der Waals surface area contributed by atoms with E-state index >= 15 is 0 Å². The van der Waals surface area contributed by atoms with Gasteiger partial charge in [-0.1, -0.05) is 0 Å². The minimum Gasteiger partial charge on any atom is -0.166 e. The average molecular weight is 354 g/mol. The number of hydrogen-bond acceptors (Lipinski definition) is 0. The molecule has 0 aliphatic rings. The van der Waals surface area contributed by atoms with Crippen molar-refractivity contribution >= 4 is 22.6 Å². The van der Waals surface area contributed by atoms with Crippen LogP contribution in [0.2, 0.25) is 0 Å². The average Bonchev–Trinajstić information content (AvgIpc) is 1.97. The van der Waals surface area contributed by atoms with E-state index in [0.29, 0.717) is 12.1 Å². The van der Waals surface area contributed by atoms with E-state index in [9.17, 15) is 26.3 Å². The highest BCUT2D eigenvalue weighted by Crippen LogP contribution is 2.39. The van der Waals surface area contributed by atoms with Gasteiger partial charge in [-0.2, -0.15) is 26.3 Å². The number of hydrogen-bond donors (Lipinski definition) is 0. The Morgan fingerprint density at radius 3 is 1.75 bits per heavy atom. The summed E-state index contributed by atoms with van der Waals surface area (Å²) >= 11 is 1.26. The molecule has 0 amide bonds. The lowest BCUT2D eigenvalue weighted by Crippen LogP contribution is -2.13. The van der Waals surface area contributed by atoms with Gasteiger partial charge in [0.25, 0.3) is 0 Å². The van der Waals surface area contributed by atoms with Gasteiger partial charge in [0, 0.05) is 3.57 Å². The Kier molecular flexibility index (Phi) is 3.47. The Morgan fingerprint density at radius 1 is 0.938 bits per heavy atom. The summed E-state index contributed by atoms with van der Waals surface area (Å²) in [6.07, 6.45) is -9.26. The summed E-state index contributed by atoms with van der Waals surface area (Å²) in [6.45, 7) is 1.01. The first-order valence-electron chi connectivity index (χ1n) is 3.98. The van der Waals surface area contributed by atoms with Crippen molar-refractivity contribution in [3.8, 4) is 0 Å². The summed E-state index contributed by atoms with van der Waals surface area (Å²) in [5.74, 6) is 0. The highest BCUT2D eigenvalue weighted by Gasteiger charge is 2.38. The van der Waals surface area contributed by atoms with Gasteiger partial charge >= 0.3 is 12.4 Å². The number of benzene rings is 1. The van der Waals surface area contributed by atoms with Crippen molar-refractivity contribution in [2.45, 2.75) is 19.3 Å². The van der Waals surface area contributed by atoms with Gasteiger partial charge in [-0.25, -0.2) is 0 Å². The first-order chi connectivity index (χ1) is 7.03. The van der Waals surface area contributed by atoms with Crippen LogP contribution in [-0.2, 0) is 12.4 Å². The molecule has 0 aliphatic heterocycles. The maximum absolute atomic E-state index is 12.5. The van der Waals surface area contributed by atoms with Gasteiger partial charge in [0.2, 0.25) is 0 Å². The van der Waals surface area contributed by atoms with Crippen LogP contribution in [0.4, 0.5) is 26.3 Å². The van der Waals surface area contributed by atoms with Crippen molar-refractivity contribution in [3.63, 3.8) is 0 Å². The lowest BCUT2D eigenvalue weighted by molar-refractivity contribution is -0.142. The second-order valence-electron chi connectivity index (χ2n) is 3.15. The van der Waals surface area contributed by atoms with Gasteiger partial charge in [0.15, 0.2) is 0 Å². The molecule has 90 valence electrons. The molecule has 0 aromatic heterocycles. The number of alkyl halides is 6. The third-order valence-corrected chi connectivity index (χ3v) is 2.75. The Hall–Kier alpha value is -0.470. The molecule has 0 atom stereocenters. The zero-order valence-electron chi connectivity index (χ0n) is 7.80. The molecular weight excluding hydrogens is 349 g/mol. The van der Waals surface area contributed by atoms with Crippen LogP contribution in [0.5, 0.6) is 0 Å². The first kappa shape index (κ1) is 13.6. The lowest BCUT2D eigenvalue weighted by Gasteiger charge is -2.15. The number of rotatable bonds is 0. The minimum atomic E-state index is -4.63. The van der Waals surface area contributed by atoms with Crippen LogP contribution in [0, 0.1) is 10.5 Å². The maximum Gasteiger partial charge on any atom is 0.417 e. The molecule has 0 nitrogen and oxygen atoms in total. The summed E-state index contributed by atoms with van der Waals surface area (Å²) in [7, 11) is 0. The Bertz CT molecular complexity index is 380. The molecule has 7 heteroatoms. The van der Waals surface area contributed by atoms with Crippen LogP contribution in [0.25, 0.3) is 0 Å². The Morgan fingerprint density at radius 2 is 1.44 bits per heavy atom. The molecule has 0 N–H and O–H groups in total. The summed E-state index contributed by atoms with van der Waals surface area (Å²) in [5.41, 5.74) is -2.50. The van der Waals surface area contributed by atoms with Crippen molar-refractivity contribution in [2.24, 2.45) is 0 Å².